The Labute approximate surface area is 74.0 Å². The number of rotatable bonds is 0. The van der Waals surface area contributed by atoms with Crippen LogP contribution in [-0.2, 0) is 0 Å². The summed E-state index contributed by atoms with van der Waals surface area (Å²) in [4.78, 5) is 4.03. The van der Waals surface area contributed by atoms with Crippen LogP contribution < -0.4 is 5.73 Å². The van der Waals surface area contributed by atoms with E-state index in [1.807, 2.05) is 13.0 Å². The van der Waals surface area contributed by atoms with Gasteiger partial charge in [-0.3, -0.25) is 0 Å². The average Bonchev–Trinajstić information content (AvgIpc) is 2.30. The standard InChI is InChI=1S/C7H7ClN4/c1-4-2-6-10-5(9)3-12(6)11-7(4)8/h2-3H,9H2,1H3. The Bertz CT molecular complexity index is 395. The molecule has 0 aliphatic carbocycles. The van der Waals surface area contributed by atoms with Crippen molar-refractivity contribution in [1.82, 2.24) is 14.6 Å². The molecule has 2 aromatic rings. The van der Waals surface area contributed by atoms with E-state index in [9.17, 15) is 0 Å². The Hall–Kier alpha value is -1.29. The van der Waals surface area contributed by atoms with Crippen LogP contribution in [0.2, 0.25) is 5.15 Å². The molecule has 2 heterocycles. The van der Waals surface area contributed by atoms with Crippen LogP contribution in [0.5, 0.6) is 0 Å². The molecule has 4 nitrogen and oxygen atoms in total. The number of hydrogen-bond donors (Lipinski definition) is 1. The van der Waals surface area contributed by atoms with Gasteiger partial charge in [0.25, 0.3) is 0 Å². The fraction of sp³-hybridized carbons (Fsp3) is 0.143. The van der Waals surface area contributed by atoms with Gasteiger partial charge >= 0.3 is 0 Å². The summed E-state index contributed by atoms with van der Waals surface area (Å²) in [5.74, 6) is 0.448. The summed E-state index contributed by atoms with van der Waals surface area (Å²) in [7, 11) is 0. The SMILES string of the molecule is Cc1cc2nc(N)cn2nc1Cl. The molecule has 0 bridgehead atoms. The van der Waals surface area contributed by atoms with Crippen LogP contribution in [0.4, 0.5) is 5.82 Å². The maximum Gasteiger partial charge on any atom is 0.156 e. The third kappa shape index (κ3) is 1.00. The van der Waals surface area contributed by atoms with Crippen LogP contribution in [0.15, 0.2) is 12.3 Å². The lowest BCUT2D eigenvalue weighted by molar-refractivity contribution is 0.928. The molecule has 0 saturated heterocycles. The molecule has 62 valence electrons. The first-order valence-corrected chi connectivity index (χ1v) is 3.82. The molecule has 2 N–H and O–H groups in total. The predicted octanol–water partition coefficient (Wildman–Crippen LogP) is 1.27. The molecule has 0 aliphatic heterocycles. The van der Waals surface area contributed by atoms with Crippen molar-refractivity contribution >= 4 is 23.1 Å². The monoisotopic (exact) mass is 182 g/mol. The van der Waals surface area contributed by atoms with Crippen molar-refractivity contribution in [2.24, 2.45) is 0 Å². The molecule has 0 saturated carbocycles. The summed E-state index contributed by atoms with van der Waals surface area (Å²) in [6, 6.07) is 1.84. The summed E-state index contributed by atoms with van der Waals surface area (Å²) in [5, 5.41) is 4.51. The number of nitrogens with zero attached hydrogens (tertiary/aromatic N) is 3. The molecule has 5 heteroatoms. The number of fused-ring (bicyclic) bond motifs is 1. The molecule has 2 rings (SSSR count). The third-order valence-electron chi connectivity index (χ3n) is 1.60. The summed E-state index contributed by atoms with van der Waals surface area (Å²) in [6.45, 7) is 1.88. The minimum Gasteiger partial charge on any atom is -0.382 e. The largest absolute Gasteiger partial charge is 0.382 e. The summed E-state index contributed by atoms with van der Waals surface area (Å²) in [6.07, 6.45) is 1.63. The lowest BCUT2D eigenvalue weighted by Gasteiger charge is -1.96. The van der Waals surface area contributed by atoms with Gasteiger partial charge in [0, 0.05) is 0 Å². The molecule has 0 fully saturated rings. The van der Waals surface area contributed by atoms with E-state index >= 15 is 0 Å². The van der Waals surface area contributed by atoms with E-state index in [2.05, 4.69) is 10.1 Å². The van der Waals surface area contributed by atoms with Gasteiger partial charge in [-0.25, -0.2) is 9.50 Å². The van der Waals surface area contributed by atoms with E-state index in [0.717, 1.165) is 11.2 Å². The van der Waals surface area contributed by atoms with Gasteiger partial charge in [-0.15, -0.1) is 0 Å². The molecule has 0 spiro atoms. The van der Waals surface area contributed by atoms with E-state index in [1.165, 1.54) is 0 Å². The first kappa shape index (κ1) is 7.36. The fourth-order valence-electron chi connectivity index (χ4n) is 1.01. The highest BCUT2D eigenvalue weighted by atomic mass is 35.5. The van der Waals surface area contributed by atoms with Gasteiger partial charge in [0.15, 0.2) is 10.8 Å². The molecule has 0 atom stereocenters. The van der Waals surface area contributed by atoms with Gasteiger partial charge in [0.05, 0.1) is 6.20 Å². The van der Waals surface area contributed by atoms with Crippen molar-refractivity contribution in [3.8, 4) is 0 Å². The molecular weight excluding hydrogens is 176 g/mol. The van der Waals surface area contributed by atoms with Crippen LogP contribution in [-0.4, -0.2) is 14.6 Å². The van der Waals surface area contributed by atoms with Crippen LogP contribution in [0.25, 0.3) is 5.65 Å². The zero-order valence-electron chi connectivity index (χ0n) is 6.45. The predicted molar refractivity (Wildman–Crippen MR) is 47.1 cm³/mol. The van der Waals surface area contributed by atoms with Crippen molar-refractivity contribution < 1.29 is 0 Å². The number of nitrogen functional groups attached to an aromatic ring is 1. The van der Waals surface area contributed by atoms with Gasteiger partial charge in [-0.2, -0.15) is 5.10 Å². The van der Waals surface area contributed by atoms with Crippen molar-refractivity contribution in [3.63, 3.8) is 0 Å². The molecular formula is C7H7ClN4. The van der Waals surface area contributed by atoms with E-state index in [0.29, 0.717) is 11.0 Å². The van der Waals surface area contributed by atoms with Gasteiger partial charge in [0.2, 0.25) is 0 Å². The van der Waals surface area contributed by atoms with Crippen LogP contribution in [0, 0.1) is 6.92 Å². The van der Waals surface area contributed by atoms with Crippen molar-refractivity contribution in [2.75, 3.05) is 5.73 Å². The lowest BCUT2D eigenvalue weighted by atomic mass is 10.3. The Morgan fingerprint density at radius 1 is 1.58 bits per heavy atom. The number of hydrogen-bond acceptors (Lipinski definition) is 3. The highest BCUT2D eigenvalue weighted by molar-refractivity contribution is 6.30. The molecule has 2 aromatic heterocycles. The Morgan fingerprint density at radius 2 is 2.33 bits per heavy atom. The van der Waals surface area contributed by atoms with Gasteiger partial charge in [0.1, 0.15) is 5.82 Å². The second-order valence-corrected chi connectivity index (χ2v) is 2.94. The first-order valence-electron chi connectivity index (χ1n) is 3.45. The van der Waals surface area contributed by atoms with Crippen LogP contribution >= 0.6 is 11.6 Å². The van der Waals surface area contributed by atoms with Crippen molar-refractivity contribution in [3.05, 3.63) is 23.0 Å². The fourth-order valence-corrected chi connectivity index (χ4v) is 1.14. The highest BCUT2D eigenvalue weighted by Gasteiger charge is 2.02. The Morgan fingerprint density at radius 3 is 3.08 bits per heavy atom. The normalized spacial score (nSPS) is 10.8. The summed E-state index contributed by atoms with van der Waals surface area (Å²) >= 11 is 5.80. The topological polar surface area (TPSA) is 56.2 Å². The quantitative estimate of drug-likeness (QED) is 0.668. The van der Waals surface area contributed by atoms with E-state index < -0.39 is 0 Å². The summed E-state index contributed by atoms with van der Waals surface area (Å²) < 4.78 is 1.56. The average molecular weight is 183 g/mol. The second kappa shape index (κ2) is 2.35. The minimum atomic E-state index is 0.448. The lowest BCUT2D eigenvalue weighted by Crippen LogP contribution is -1.92. The number of anilines is 1. The zero-order valence-corrected chi connectivity index (χ0v) is 7.21. The van der Waals surface area contributed by atoms with E-state index in [4.69, 9.17) is 17.3 Å². The number of imidazole rings is 1. The van der Waals surface area contributed by atoms with Crippen LogP contribution in [0.1, 0.15) is 5.56 Å². The molecule has 0 radical (unpaired) electrons. The van der Waals surface area contributed by atoms with E-state index in [-0.39, 0.29) is 0 Å². The zero-order chi connectivity index (χ0) is 8.72. The summed E-state index contributed by atoms with van der Waals surface area (Å²) in [5.41, 5.74) is 7.09. The third-order valence-corrected chi connectivity index (χ3v) is 1.97. The van der Waals surface area contributed by atoms with Crippen molar-refractivity contribution in [1.29, 1.82) is 0 Å². The van der Waals surface area contributed by atoms with Gasteiger partial charge < -0.3 is 5.73 Å². The molecule has 0 aliphatic rings. The molecule has 0 aromatic carbocycles. The maximum absolute atomic E-state index is 5.80. The van der Waals surface area contributed by atoms with E-state index in [1.54, 1.807) is 10.7 Å². The smallest absolute Gasteiger partial charge is 0.156 e. The second-order valence-electron chi connectivity index (χ2n) is 2.59. The maximum atomic E-state index is 5.80. The number of halogens is 1. The van der Waals surface area contributed by atoms with Crippen molar-refractivity contribution in [2.45, 2.75) is 6.92 Å². The van der Waals surface area contributed by atoms with Gasteiger partial charge in [-0.05, 0) is 18.6 Å². The molecule has 0 amide bonds. The Balaban J connectivity index is 2.83. The number of nitrogens with two attached hydrogens (primary N) is 1. The number of aromatic nitrogens is 3. The molecule has 12 heavy (non-hydrogen) atoms. The van der Waals surface area contributed by atoms with Crippen LogP contribution in [0.3, 0.4) is 0 Å². The minimum absolute atomic E-state index is 0.448. The Kier molecular flexibility index (Phi) is 1.44. The number of aryl methyl sites for hydroxylation is 1. The first-order chi connectivity index (χ1) is 5.66. The molecule has 0 unspecified atom stereocenters. The van der Waals surface area contributed by atoms with Gasteiger partial charge in [-0.1, -0.05) is 11.6 Å². The highest BCUT2D eigenvalue weighted by Crippen LogP contribution is 2.14.